The molecule has 4 nitrogen and oxygen atoms in total. The van der Waals surface area contributed by atoms with Crippen molar-refractivity contribution in [2.75, 3.05) is 19.6 Å². The van der Waals surface area contributed by atoms with Crippen LogP contribution in [0.1, 0.15) is 16.1 Å². The van der Waals surface area contributed by atoms with Gasteiger partial charge in [-0.1, -0.05) is 11.6 Å². The zero-order valence-corrected chi connectivity index (χ0v) is 9.14. The fourth-order valence-corrected chi connectivity index (χ4v) is 1.98. The topological polar surface area (TPSA) is 54.0 Å². The van der Waals surface area contributed by atoms with Crippen LogP contribution in [0.25, 0.3) is 0 Å². The molecule has 2 N–H and O–H groups in total. The second-order valence-electron chi connectivity index (χ2n) is 3.36. The van der Waals surface area contributed by atoms with Gasteiger partial charge in [0, 0.05) is 13.1 Å². The molecule has 0 aromatic carbocycles. The van der Waals surface area contributed by atoms with E-state index < -0.39 is 0 Å². The third-order valence-corrected chi connectivity index (χ3v) is 3.06. The molecular weight excluding hydrogens is 210 g/mol. The van der Waals surface area contributed by atoms with E-state index in [2.05, 4.69) is 21.7 Å². The molecule has 1 aliphatic rings. The number of nitrogens with one attached hydrogen (secondary N) is 2. The van der Waals surface area contributed by atoms with Gasteiger partial charge in [0.1, 0.15) is 4.88 Å². The van der Waals surface area contributed by atoms with Crippen molar-refractivity contribution in [3.05, 3.63) is 28.2 Å². The maximum absolute atomic E-state index is 11.6. The Bertz CT molecular complexity index is 359. The summed E-state index contributed by atoms with van der Waals surface area (Å²) >= 11 is 1.36. The number of hydrogen-bond acceptors (Lipinski definition) is 4. The largest absolute Gasteiger partial charge is 0.348 e. The predicted octanol–water partition coefficient (Wildman–Crippen LogP) is 0.793. The van der Waals surface area contributed by atoms with Gasteiger partial charge in [-0.3, -0.25) is 9.78 Å². The number of thiazole rings is 1. The molecule has 0 spiro atoms. The molecule has 0 saturated heterocycles. The third kappa shape index (κ3) is 2.87. The third-order valence-electron chi connectivity index (χ3n) is 2.29. The molecule has 0 radical (unpaired) electrons. The molecule has 2 heterocycles. The molecule has 1 aliphatic heterocycles. The summed E-state index contributed by atoms with van der Waals surface area (Å²) in [5.74, 6) is -0.0306. The minimum Gasteiger partial charge on any atom is -0.348 e. The molecule has 0 bridgehead atoms. The zero-order chi connectivity index (χ0) is 10.5. The van der Waals surface area contributed by atoms with E-state index >= 15 is 0 Å². The number of carbonyl (C=O) groups excluding carboxylic acids is 1. The van der Waals surface area contributed by atoms with Crippen molar-refractivity contribution in [3.8, 4) is 0 Å². The summed E-state index contributed by atoms with van der Waals surface area (Å²) < 4.78 is 0. The van der Waals surface area contributed by atoms with Crippen molar-refractivity contribution in [2.24, 2.45) is 0 Å². The van der Waals surface area contributed by atoms with Crippen LogP contribution in [0.3, 0.4) is 0 Å². The molecule has 1 amide bonds. The minimum atomic E-state index is -0.0306. The van der Waals surface area contributed by atoms with Crippen molar-refractivity contribution in [1.29, 1.82) is 0 Å². The minimum absolute atomic E-state index is 0.0306. The lowest BCUT2D eigenvalue weighted by Crippen LogP contribution is -2.29. The van der Waals surface area contributed by atoms with Gasteiger partial charge in [0.15, 0.2) is 0 Å². The fraction of sp³-hybridized carbons (Fsp3) is 0.400. The van der Waals surface area contributed by atoms with Gasteiger partial charge in [-0.15, -0.1) is 11.3 Å². The lowest BCUT2D eigenvalue weighted by molar-refractivity contribution is 0.0960. The predicted molar refractivity (Wildman–Crippen MR) is 60.0 cm³/mol. The standard InChI is InChI=1S/C10H13N3OS/c14-10(9-6-12-7-15-9)13-5-8-1-3-11-4-2-8/h1,6-7,11H,2-5H2,(H,13,14). The highest BCUT2D eigenvalue weighted by Gasteiger charge is 2.08. The number of aromatic nitrogens is 1. The molecular formula is C10H13N3OS. The summed E-state index contributed by atoms with van der Waals surface area (Å²) in [4.78, 5) is 16.1. The van der Waals surface area contributed by atoms with Crippen molar-refractivity contribution >= 4 is 17.2 Å². The van der Waals surface area contributed by atoms with Crippen LogP contribution in [0.4, 0.5) is 0 Å². The summed E-state index contributed by atoms with van der Waals surface area (Å²) in [5.41, 5.74) is 2.96. The molecule has 0 aliphatic carbocycles. The Morgan fingerprint density at radius 2 is 2.60 bits per heavy atom. The van der Waals surface area contributed by atoms with Crippen molar-refractivity contribution in [2.45, 2.75) is 6.42 Å². The number of rotatable bonds is 3. The lowest BCUT2D eigenvalue weighted by atomic mass is 10.1. The lowest BCUT2D eigenvalue weighted by Gasteiger charge is -2.14. The molecule has 1 aromatic rings. The molecule has 1 aromatic heterocycles. The van der Waals surface area contributed by atoms with E-state index in [-0.39, 0.29) is 5.91 Å². The molecule has 5 heteroatoms. The SMILES string of the molecule is O=C(NCC1=CCNCC1)c1cncs1. The molecule has 0 unspecified atom stereocenters. The van der Waals surface area contributed by atoms with Gasteiger partial charge in [-0.2, -0.15) is 0 Å². The molecule has 0 atom stereocenters. The van der Waals surface area contributed by atoms with Gasteiger partial charge in [-0.05, 0) is 13.0 Å². The number of nitrogens with zero attached hydrogens (tertiary/aromatic N) is 1. The van der Waals surface area contributed by atoms with E-state index in [0.717, 1.165) is 19.5 Å². The average molecular weight is 223 g/mol. The van der Waals surface area contributed by atoms with Gasteiger partial charge in [0.05, 0.1) is 11.7 Å². The van der Waals surface area contributed by atoms with Gasteiger partial charge in [0.2, 0.25) is 0 Å². The van der Waals surface area contributed by atoms with Crippen LogP contribution in [-0.4, -0.2) is 30.5 Å². The Morgan fingerprint density at radius 1 is 1.67 bits per heavy atom. The first-order valence-electron chi connectivity index (χ1n) is 4.91. The first-order chi connectivity index (χ1) is 7.36. The second kappa shape index (κ2) is 5.04. The van der Waals surface area contributed by atoms with Gasteiger partial charge in [-0.25, -0.2) is 0 Å². The Hall–Kier alpha value is -1.20. The number of amides is 1. The molecule has 80 valence electrons. The summed E-state index contributed by atoms with van der Waals surface area (Å²) in [7, 11) is 0. The van der Waals surface area contributed by atoms with Crippen molar-refractivity contribution in [1.82, 2.24) is 15.6 Å². The van der Waals surface area contributed by atoms with E-state index in [9.17, 15) is 4.79 Å². The van der Waals surface area contributed by atoms with E-state index in [1.165, 1.54) is 16.9 Å². The molecule has 15 heavy (non-hydrogen) atoms. The van der Waals surface area contributed by atoms with Crippen molar-refractivity contribution in [3.63, 3.8) is 0 Å². The van der Waals surface area contributed by atoms with Gasteiger partial charge >= 0.3 is 0 Å². The fourth-order valence-electron chi connectivity index (χ4n) is 1.44. The van der Waals surface area contributed by atoms with Crippen LogP contribution in [0.5, 0.6) is 0 Å². The first-order valence-corrected chi connectivity index (χ1v) is 5.79. The smallest absolute Gasteiger partial charge is 0.263 e. The Kier molecular flexibility index (Phi) is 3.47. The average Bonchev–Trinajstić information content (AvgIpc) is 2.81. The maximum Gasteiger partial charge on any atom is 0.263 e. The van der Waals surface area contributed by atoms with Crippen LogP contribution >= 0.6 is 11.3 Å². The highest BCUT2D eigenvalue weighted by Crippen LogP contribution is 2.06. The Balaban J connectivity index is 1.83. The van der Waals surface area contributed by atoms with E-state index in [4.69, 9.17) is 0 Å². The normalized spacial score (nSPS) is 15.9. The summed E-state index contributed by atoms with van der Waals surface area (Å²) in [6, 6.07) is 0. The maximum atomic E-state index is 11.6. The quantitative estimate of drug-likeness (QED) is 0.745. The van der Waals surface area contributed by atoms with E-state index in [0.29, 0.717) is 11.4 Å². The molecule has 2 rings (SSSR count). The Morgan fingerprint density at radius 3 is 3.27 bits per heavy atom. The van der Waals surface area contributed by atoms with E-state index in [1.54, 1.807) is 11.7 Å². The van der Waals surface area contributed by atoms with Gasteiger partial charge < -0.3 is 10.6 Å². The summed E-state index contributed by atoms with van der Waals surface area (Å²) in [5, 5.41) is 6.12. The van der Waals surface area contributed by atoms with Gasteiger partial charge in [0.25, 0.3) is 5.91 Å². The van der Waals surface area contributed by atoms with Crippen molar-refractivity contribution < 1.29 is 4.79 Å². The molecule has 0 saturated carbocycles. The zero-order valence-electron chi connectivity index (χ0n) is 8.32. The van der Waals surface area contributed by atoms with Crippen LogP contribution < -0.4 is 10.6 Å². The highest BCUT2D eigenvalue weighted by molar-refractivity contribution is 7.11. The highest BCUT2D eigenvalue weighted by atomic mass is 32.1. The van der Waals surface area contributed by atoms with E-state index in [1.807, 2.05) is 0 Å². The summed E-state index contributed by atoms with van der Waals surface area (Å²) in [6.45, 7) is 2.56. The second-order valence-corrected chi connectivity index (χ2v) is 4.25. The van der Waals surface area contributed by atoms with Crippen LogP contribution in [0.15, 0.2) is 23.4 Å². The first kappa shape index (κ1) is 10.3. The van der Waals surface area contributed by atoms with Crippen LogP contribution in [0.2, 0.25) is 0 Å². The number of hydrogen-bond donors (Lipinski definition) is 2. The Labute approximate surface area is 92.4 Å². The van der Waals surface area contributed by atoms with Crippen LogP contribution in [0, 0.1) is 0 Å². The monoisotopic (exact) mass is 223 g/mol. The van der Waals surface area contributed by atoms with Crippen LogP contribution in [-0.2, 0) is 0 Å². The number of carbonyl (C=O) groups is 1. The molecule has 0 fully saturated rings. The summed E-state index contributed by atoms with van der Waals surface area (Å²) in [6.07, 6.45) is 4.75.